The van der Waals surface area contributed by atoms with Crippen LogP contribution in [0.2, 0.25) is 0 Å². The Bertz CT molecular complexity index is 624. The number of rotatable bonds is 5. The van der Waals surface area contributed by atoms with E-state index >= 15 is 0 Å². The Labute approximate surface area is 125 Å². The van der Waals surface area contributed by atoms with E-state index in [0.29, 0.717) is 6.54 Å². The highest BCUT2D eigenvalue weighted by atomic mass is 16.5. The predicted octanol–water partition coefficient (Wildman–Crippen LogP) is 2.23. The van der Waals surface area contributed by atoms with Gasteiger partial charge in [0.25, 0.3) is 0 Å². The van der Waals surface area contributed by atoms with Crippen LogP contribution in [0.4, 0.5) is 0 Å². The largest absolute Gasteiger partial charge is 0.496 e. The van der Waals surface area contributed by atoms with E-state index in [4.69, 9.17) is 14.9 Å². The molecule has 21 heavy (non-hydrogen) atoms. The third kappa shape index (κ3) is 4.38. The molecule has 0 fully saturated rings. The molecule has 0 aliphatic carbocycles. The molecule has 0 amide bonds. The van der Waals surface area contributed by atoms with Crippen molar-refractivity contribution in [2.24, 2.45) is 5.73 Å². The Balaban J connectivity index is 2.12. The summed E-state index contributed by atoms with van der Waals surface area (Å²) in [5.74, 6) is 6.79. The van der Waals surface area contributed by atoms with E-state index in [-0.39, 0.29) is 0 Å². The van der Waals surface area contributed by atoms with Crippen LogP contribution in [0.5, 0.6) is 5.75 Å². The van der Waals surface area contributed by atoms with E-state index in [1.54, 1.807) is 19.6 Å². The third-order valence-corrected chi connectivity index (χ3v) is 3.09. The van der Waals surface area contributed by atoms with E-state index < -0.39 is 0 Å². The maximum atomic E-state index is 5.42. The Morgan fingerprint density at radius 1 is 1.29 bits per heavy atom. The van der Waals surface area contributed by atoms with Crippen molar-refractivity contribution in [3.63, 3.8) is 0 Å². The molecule has 0 saturated heterocycles. The zero-order chi connectivity index (χ0) is 15.1. The van der Waals surface area contributed by atoms with Crippen molar-refractivity contribution in [1.82, 2.24) is 4.90 Å². The molecule has 1 heterocycles. The van der Waals surface area contributed by atoms with Crippen molar-refractivity contribution in [1.29, 1.82) is 0 Å². The average Bonchev–Trinajstić information content (AvgIpc) is 2.98. The standard InChI is InChI=1S/C17H20N2O2/c1-19(11-15-7-9-21-13-15)12-16-10-14(4-3-8-18)5-6-17(16)20-2/h5-7,9-10,13H,8,11-12,18H2,1-2H3. The first-order valence-electron chi connectivity index (χ1n) is 6.78. The maximum Gasteiger partial charge on any atom is 0.123 e. The molecule has 0 spiro atoms. The molecule has 2 N–H and O–H groups in total. The summed E-state index contributed by atoms with van der Waals surface area (Å²) in [6, 6.07) is 7.91. The molecule has 0 unspecified atom stereocenters. The number of benzene rings is 1. The highest BCUT2D eigenvalue weighted by molar-refractivity contribution is 5.44. The zero-order valence-electron chi connectivity index (χ0n) is 12.4. The number of furan rings is 1. The van der Waals surface area contributed by atoms with Crippen LogP contribution in [0.15, 0.2) is 41.2 Å². The van der Waals surface area contributed by atoms with Crippen LogP contribution >= 0.6 is 0 Å². The Morgan fingerprint density at radius 3 is 2.81 bits per heavy atom. The SMILES string of the molecule is COc1ccc(C#CCN)cc1CN(C)Cc1ccoc1. The summed E-state index contributed by atoms with van der Waals surface area (Å²) in [5.41, 5.74) is 8.62. The molecule has 4 heteroatoms. The van der Waals surface area contributed by atoms with Crippen LogP contribution < -0.4 is 10.5 Å². The summed E-state index contributed by atoms with van der Waals surface area (Å²) in [4.78, 5) is 2.20. The first-order valence-corrected chi connectivity index (χ1v) is 6.78. The fraction of sp³-hybridized carbons (Fsp3) is 0.294. The Morgan fingerprint density at radius 2 is 2.14 bits per heavy atom. The molecular formula is C17H20N2O2. The number of nitrogens with two attached hydrogens (primary N) is 1. The van der Waals surface area contributed by atoms with Gasteiger partial charge in [-0.15, -0.1) is 0 Å². The van der Waals surface area contributed by atoms with E-state index in [0.717, 1.165) is 35.5 Å². The summed E-state index contributed by atoms with van der Waals surface area (Å²) in [7, 11) is 3.74. The molecule has 1 aromatic carbocycles. The first-order chi connectivity index (χ1) is 10.2. The van der Waals surface area contributed by atoms with Gasteiger partial charge in [-0.25, -0.2) is 0 Å². The first kappa shape index (κ1) is 15.2. The van der Waals surface area contributed by atoms with Crippen LogP contribution in [0.25, 0.3) is 0 Å². The molecular weight excluding hydrogens is 264 g/mol. The van der Waals surface area contributed by atoms with Gasteiger partial charge in [0.2, 0.25) is 0 Å². The quantitative estimate of drug-likeness (QED) is 0.855. The second-order valence-electron chi connectivity index (χ2n) is 4.84. The molecule has 0 bridgehead atoms. The Hall–Kier alpha value is -2.22. The topological polar surface area (TPSA) is 51.6 Å². The molecule has 0 aliphatic rings. The molecule has 2 aromatic rings. The highest BCUT2D eigenvalue weighted by Crippen LogP contribution is 2.21. The van der Waals surface area contributed by atoms with Gasteiger partial charge in [-0.2, -0.15) is 0 Å². The number of methoxy groups -OCH3 is 1. The summed E-state index contributed by atoms with van der Waals surface area (Å²) in [5, 5.41) is 0. The molecule has 0 aliphatic heterocycles. The van der Waals surface area contributed by atoms with Gasteiger partial charge in [0.1, 0.15) is 5.75 Å². The average molecular weight is 284 g/mol. The smallest absolute Gasteiger partial charge is 0.123 e. The van der Waals surface area contributed by atoms with Gasteiger partial charge in [-0.05, 0) is 31.3 Å². The summed E-state index contributed by atoms with van der Waals surface area (Å²) >= 11 is 0. The van der Waals surface area contributed by atoms with Crippen LogP contribution in [0, 0.1) is 11.8 Å². The van der Waals surface area contributed by atoms with Crippen LogP contribution in [0.3, 0.4) is 0 Å². The summed E-state index contributed by atoms with van der Waals surface area (Å²) < 4.78 is 10.5. The number of nitrogens with zero attached hydrogens (tertiary/aromatic N) is 1. The molecule has 0 atom stereocenters. The van der Waals surface area contributed by atoms with Gasteiger partial charge in [-0.1, -0.05) is 11.8 Å². The van der Waals surface area contributed by atoms with Gasteiger partial charge in [-0.3, -0.25) is 4.90 Å². The Kier molecular flexibility index (Phi) is 5.44. The molecule has 0 radical (unpaired) electrons. The van der Waals surface area contributed by atoms with Crippen LogP contribution in [0.1, 0.15) is 16.7 Å². The van der Waals surface area contributed by atoms with E-state index in [2.05, 4.69) is 23.8 Å². The molecule has 2 rings (SSSR count). The third-order valence-electron chi connectivity index (χ3n) is 3.09. The lowest BCUT2D eigenvalue weighted by Crippen LogP contribution is -2.17. The molecule has 0 saturated carbocycles. The molecule has 110 valence electrons. The van der Waals surface area contributed by atoms with E-state index in [9.17, 15) is 0 Å². The van der Waals surface area contributed by atoms with Gasteiger partial charge in [0, 0.05) is 29.8 Å². The van der Waals surface area contributed by atoms with Crippen molar-refractivity contribution < 1.29 is 9.15 Å². The van der Waals surface area contributed by atoms with Gasteiger partial charge in [0.05, 0.1) is 26.2 Å². The fourth-order valence-electron chi connectivity index (χ4n) is 2.17. The molecule has 4 nitrogen and oxygen atoms in total. The van der Waals surface area contributed by atoms with Gasteiger partial charge < -0.3 is 14.9 Å². The van der Waals surface area contributed by atoms with E-state index in [1.165, 1.54) is 0 Å². The highest BCUT2D eigenvalue weighted by Gasteiger charge is 2.08. The number of ether oxygens (including phenoxy) is 1. The lowest BCUT2D eigenvalue weighted by Gasteiger charge is -2.18. The summed E-state index contributed by atoms with van der Waals surface area (Å²) in [6.45, 7) is 1.95. The monoisotopic (exact) mass is 284 g/mol. The minimum atomic E-state index is 0.363. The van der Waals surface area contributed by atoms with Crippen LogP contribution in [-0.2, 0) is 13.1 Å². The maximum absolute atomic E-state index is 5.42. The lowest BCUT2D eigenvalue weighted by molar-refractivity contribution is 0.309. The minimum Gasteiger partial charge on any atom is -0.496 e. The summed E-state index contributed by atoms with van der Waals surface area (Å²) in [6.07, 6.45) is 3.45. The normalized spacial score (nSPS) is 10.3. The minimum absolute atomic E-state index is 0.363. The van der Waals surface area contributed by atoms with E-state index in [1.807, 2.05) is 24.3 Å². The van der Waals surface area contributed by atoms with Gasteiger partial charge in [0.15, 0.2) is 0 Å². The van der Waals surface area contributed by atoms with Crippen molar-refractivity contribution in [2.75, 3.05) is 20.7 Å². The van der Waals surface area contributed by atoms with Crippen LogP contribution in [-0.4, -0.2) is 25.6 Å². The zero-order valence-corrected chi connectivity index (χ0v) is 12.4. The van der Waals surface area contributed by atoms with Crippen molar-refractivity contribution in [3.05, 3.63) is 53.5 Å². The molecule has 1 aromatic heterocycles. The number of hydrogen-bond donors (Lipinski definition) is 1. The van der Waals surface area contributed by atoms with Crippen molar-refractivity contribution in [3.8, 4) is 17.6 Å². The lowest BCUT2D eigenvalue weighted by atomic mass is 10.1. The van der Waals surface area contributed by atoms with Crippen molar-refractivity contribution >= 4 is 0 Å². The van der Waals surface area contributed by atoms with Crippen molar-refractivity contribution in [2.45, 2.75) is 13.1 Å². The van der Waals surface area contributed by atoms with Gasteiger partial charge >= 0.3 is 0 Å². The number of hydrogen-bond acceptors (Lipinski definition) is 4. The fourth-order valence-corrected chi connectivity index (χ4v) is 2.17. The predicted molar refractivity (Wildman–Crippen MR) is 82.8 cm³/mol. The second-order valence-corrected chi connectivity index (χ2v) is 4.84. The second kappa shape index (κ2) is 7.53.